The van der Waals surface area contributed by atoms with Crippen molar-refractivity contribution in [3.8, 4) is 11.3 Å². The number of ether oxygens (including phenoxy) is 2. The minimum absolute atomic E-state index is 0.00210. The maximum absolute atomic E-state index is 13.7. The molecule has 15 heteroatoms. The molecule has 2 aliphatic heterocycles. The van der Waals surface area contributed by atoms with Crippen LogP contribution in [0.4, 0.5) is 19.1 Å². The molecule has 11 nitrogen and oxygen atoms in total. The molecule has 2 bridgehead atoms. The zero-order chi connectivity index (χ0) is 30.6. The Morgan fingerprint density at radius 1 is 1.12 bits per heavy atom. The second-order valence-corrected chi connectivity index (χ2v) is 12.6. The standard InChI is InChI=1S/C28H27F3N6O5S/c1-17-7-8-19(13-20(17)21-14-37-24(32)33-16-34-25(37)35-21)43(39,40)36-26-9-11-27(12-10-26,41-15-26)22(18-5-3-2-4-6-18)42-23(38)28(29,30)31/h2-8,13-14,16,22,36H,9-12,15H2,1H3,(H2,32,33,34,35). The van der Waals surface area contributed by atoms with Gasteiger partial charge >= 0.3 is 12.1 Å². The molecule has 7 rings (SSSR count). The largest absolute Gasteiger partial charge is 0.490 e. The highest BCUT2D eigenvalue weighted by molar-refractivity contribution is 7.89. The predicted molar refractivity (Wildman–Crippen MR) is 147 cm³/mol. The SMILES string of the molecule is Cc1ccc(S(=O)(=O)NC23CCC(C(OC(=O)C(F)(F)F)c4ccccc4)(CC2)OC3)cc1-c1cn2c(N)ncnc2n1. The van der Waals surface area contributed by atoms with Gasteiger partial charge in [-0.2, -0.15) is 13.2 Å². The Morgan fingerprint density at radius 2 is 1.84 bits per heavy atom. The van der Waals surface area contributed by atoms with Gasteiger partial charge in [0.05, 0.1) is 22.7 Å². The molecule has 2 aromatic heterocycles. The third-order valence-electron chi connectivity index (χ3n) is 8.17. The van der Waals surface area contributed by atoms with E-state index in [9.17, 15) is 26.4 Å². The van der Waals surface area contributed by atoms with Crippen molar-refractivity contribution in [1.82, 2.24) is 24.1 Å². The van der Waals surface area contributed by atoms with Gasteiger partial charge in [-0.3, -0.25) is 4.40 Å². The summed E-state index contributed by atoms with van der Waals surface area (Å²) in [6, 6.07) is 12.8. The summed E-state index contributed by atoms with van der Waals surface area (Å²) in [4.78, 5) is 24.4. The number of rotatable bonds is 7. The van der Waals surface area contributed by atoms with Gasteiger partial charge in [0.2, 0.25) is 21.7 Å². The maximum Gasteiger partial charge on any atom is 0.490 e. The average molecular weight is 617 g/mol. The molecular formula is C28H27F3N6O5S. The number of aromatic nitrogens is 4. The highest BCUT2D eigenvalue weighted by Gasteiger charge is 2.57. The molecule has 0 radical (unpaired) electrons. The van der Waals surface area contributed by atoms with Crippen molar-refractivity contribution in [2.45, 2.75) is 60.9 Å². The minimum atomic E-state index is -5.18. The van der Waals surface area contributed by atoms with Crippen LogP contribution in [0.25, 0.3) is 17.0 Å². The van der Waals surface area contributed by atoms with Crippen molar-refractivity contribution in [2.24, 2.45) is 0 Å². The lowest BCUT2D eigenvalue weighted by Gasteiger charge is -2.55. The zero-order valence-corrected chi connectivity index (χ0v) is 23.7. The van der Waals surface area contributed by atoms with E-state index in [1.165, 1.54) is 22.9 Å². The lowest BCUT2D eigenvalue weighted by molar-refractivity contribution is -0.241. The number of nitrogens with one attached hydrogen (secondary N) is 1. The summed E-state index contributed by atoms with van der Waals surface area (Å²) in [7, 11) is -4.07. The molecule has 4 aromatic rings. The molecule has 0 spiro atoms. The highest BCUT2D eigenvalue weighted by Crippen LogP contribution is 2.51. The second-order valence-electron chi connectivity index (χ2n) is 10.9. The number of carbonyl (C=O) groups excluding carboxylic acids is 1. The smallest absolute Gasteiger partial charge is 0.448 e. The lowest BCUT2D eigenvalue weighted by Crippen LogP contribution is -2.64. The lowest BCUT2D eigenvalue weighted by atomic mass is 9.68. The molecule has 2 aromatic carbocycles. The summed E-state index contributed by atoms with van der Waals surface area (Å²) in [5, 5.41) is 0. The summed E-state index contributed by atoms with van der Waals surface area (Å²) in [6.07, 6.45) is -2.72. The third kappa shape index (κ3) is 5.32. The van der Waals surface area contributed by atoms with Crippen LogP contribution in [-0.4, -0.2) is 57.7 Å². The van der Waals surface area contributed by atoms with Gasteiger partial charge in [0, 0.05) is 11.8 Å². The number of nitrogens with zero attached hydrogens (tertiary/aromatic N) is 4. The first-order chi connectivity index (χ1) is 20.3. The van der Waals surface area contributed by atoms with E-state index >= 15 is 0 Å². The molecule has 2 saturated heterocycles. The molecule has 3 aliphatic rings. The van der Waals surface area contributed by atoms with Gasteiger partial charge in [-0.25, -0.2) is 32.9 Å². The Labute approximate surface area is 244 Å². The van der Waals surface area contributed by atoms with Gasteiger partial charge < -0.3 is 15.2 Å². The Kier molecular flexibility index (Phi) is 6.93. The van der Waals surface area contributed by atoms with E-state index in [1.807, 2.05) is 6.92 Å². The zero-order valence-electron chi connectivity index (χ0n) is 22.8. The summed E-state index contributed by atoms with van der Waals surface area (Å²) >= 11 is 0. The first-order valence-electron chi connectivity index (χ1n) is 13.4. The van der Waals surface area contributed by atoms with Gasteiger partial charge in [0.25, 0.3) is 0 Å². The molecule has 3 fully saturated rings. The summed E-state index contributed by atoms with van der Waals surface area (Å²) < 4.78 is 82.3. The van der Waals surface area contributed by atoms with Crippen LogP contribution >= 0.6 is 0 Å². The van der Waals surface area contributed by atoms with Crippen molar-refractivity contribution in [2.75, 3.05) is 12.3 Å². The number of sulfonamides is 1. The Hall–Kier alpha value is -4.08. The number of hydrogen-bond donors (Lipinski definition) is 2. The quantitative estimate of drug-likeness (QED) is 0.295. The van der Waals surface area contributed by atoms with E-state index in [0.29, 0.717) is 22.6 Å². The molecule has 226 valence electrons. The maximum atomic E-state index is 13.7. The van der Waals surface area contributed by atoms with Gasteiger partial charge in [-0.05, 0) is 55.9 Å². The number of aryl methyl sites for hydroxylation is 1. The highest BCUT2D eigenvalue weighted by atomic mass is 32.2. The predicted octanol–water partition coefficient (Wildman–Crippen LogP) is 3.89. The minimum Gasteiger partial charge on any atom is -0.448 e. The number of carbonyl (C=O) groups is 1. The summed E-state index contributed by atoms with van der Waals surface area (Å²) in [5.74, 6) is -1.82. The monoisotopic (exact) mass is 616 g/mol. The van der Waals surface area contributed by atoms with E-state index in [2.05, 4.69) is 19.7 Å². The molecule has 1 unspecified atom stereocenters. The Balaban J connectivity index is 1.24. The molecule has 43 heavy (non-hydrogen) atoms. The van der Waals surface area contributed by atoms with Crippen molar-refractivity contribution < 1.29 is 35.9 Å². The van der Waals surface area contributed by atoms with Gasteiger partial charge in [0.15, 0.2) is 6.10 Å². The van der Waals surface area contributed by atoms with Crippen LogP contribution in [0.2, 0.25) is 0 Å². The Bertz CT molecular complexity index is 1790. The van der Waals surface area contributed by atoms with Gasteiger partial charge in [-0.15, -0.1) is 0 Å². The van der Waals surface area contributed by atoms with E-state index in [4.69, 9.17) is 15.2 Å². The molecule has 3 N–H and O–H groups in total. The third-order valence-corrected chi connectivity index (χ3v) is 9.75. The molecule has 4 heterocycles. The molecule has 1 aliphatic carbocycles. The van der Waals surface area contributed by atoms with Crippen molar-refractivity contribution in [3.63, 3.8) is 0 Å². The normalized spacial score (nSPS) is 22.9. The molecular weight excluding hydrogens is 589 g/mol. The van der Waals surface area contributed by atoms with Crippen LogP contribution < -0.4 is 10.5 Å². The molecule has 1 saturated carbocycles. The van der Waals surface area contributed by atoms with E-state index < -0.39 is 39.4 Å². The number of imidazole rings is 1. The molecule has 1 atom stereocenters. The fourth-order valence-electron chi connectivity index (χ4n) is 5.82. The average Bonchev–Trinajstić information content (AvgIpc) is 3.42. The number of nitrogen functional groups attached to an aromatic ring is 1. The van der Waals surface area contributed by atoms with Gasteiger partial charge in [0.1, 0.15) is 11.9 Å². The number of esters is 1. The molecule has 0 amide bonds. The number of nitrogens with two attached hydrogens (primary N) is 1. The summed E-state index contributed by atoms with van der Waals surface area (Å²) in [6.45, 7) is 1.71. The van der Waals surface area contributed by atoms with Crippen LogP contribution in [0.5, 0.6) is 0 Å². The van der Waals surface area contributed by atoms with Crippen LogP contribution in [0, 0.1) is 6.92 Å². The number of anilines is 1. The van der Waals surface area contributed by atoms with Crippen LogP contribution in [0.15, 0.2) is 66.0 Å². The number of fused-ring (bicyclic) bond motifs is 4. The van der Waals surface area contributed by atoms with Crippen LogP contribution in [0.1, 0.15) is 42.9 Å². The van der Waals surface area contributed by atoms with Crippen LogP contribution in [-0.2, 0) is 24.3 Å². The first-order valence-corrected chi connectivity index (χ1v) is 14.9. The summed E-state index contributed by atoms with van der Waals surface area (Å²) in [5.41, 5.74) is 5.84. The van der Waals surface area contributed by atoms with Crippen molar-refractivity contribution >= 4 is 27.7 Å². The fourth-order valence-corrected chi connectivity index (χ4v) is 7.29. The topological polar surface area (TPSA) is 151 Å². The van der Waals surface area contributed by atoms with E-state index in [0.717, 1.165) is 5.56 Å². The number of halogens is 3. The van der Waals surface area contributed by atoms with Crippen molar-refractivity contribution in [3.05, 3.63) is 72.2 Å². The second kappa shape index (κ2) is 10.3. The Morgan fingerprint density at radius 3 is 2.47 bits per heavy atom. The number of benzene rings is 2. The van der Waals surface area contributed by atoms with Gasteiger partial charge in [-0.1, -0.05) is 36.4 Å². The fraction of sp³-hybridized carbons (Fsp3) is 0.357. The first kappa shape index (κ1) is 29.0. The van der Waals surface area contributed by atoms with Crippen LogP contribution in [0.3, 0.4) is 0 Å². The number of alkyl halides is 3. The van der Waals surface area contributed by atoms with E-state index in [-0.39, 0.29) is 43.1 Å². The van der Waals surface area contributed by atoms with Crippen molar-refractivity contribution in [1.29, 1.82) is 0 Å². The van der Waals surface area contributed by atoms with E-state index in [1.54, 1.807) is 42.6 Å². The number of hydrogen-bond acceptors (Lipinski definition) is 9.